The Bertz CT molecular complexity index is 420. The molecule has 2 aliphatic rings. The molecule has 1 aromatic rings. The van der Waals surface area contributed by atoms with E-state index in [-0.39, 0.29) is 6.10 Å². The van der Waals surface area contributed by atoms with Crippen LogP contribution in [-0.2, 0) is 6.42 Å². The van der Waals surface area contributed by atoms with E-state index >= 15 is 0 Å². The first-order chi connectivity index (χ1) is 9.83. The molecule has 2 aliphatic carbocycles. The van der Waals surface area contributed by atoms with Gasteiger partial charge in [0.1, 0.15) is 0 Å². The average molecular weight is 272 g/mol. The molecular formula is C19H28O. The Kier molecular flexibility index (Phi) is 4.77. The summed E-state index contributed by atoms with van der Waals surface area (Å²) in [5.41, 5.74) is 3.03. The van der Waals surface area contributed by atoms with Crippen molar-refractivity contribution in [3.8, 4) is 0 Å². The Morgan fingerprint density at radius 1 is 1.05 bits per heavy atom. The smallest absolute Gasteiger partial charge is 0.0546 e. The number of rotatable bonds is 5. The van der Waals surface area contributed by atoms with Gasteiger partial charge in [-0.05, 0) is 61.5 Å². The summed E-state index contributed by atoms with van der Waals surface area (Å²) in [4.78, 5) is 0. The Morgan fingerprint density at radius 2 is 1.85 bits per heavy atom. The minimum atomic E-state index is -0.0910. The number of fused-ring (bicyclic) bond motifs is 1. The van der Waals surface area contributed by atoms with Crippen LogP contribution in [0.4, 0.5) is 0 Å². The van der Waals surface area contributed by atoms with Gasteiger partial charge in [0.2, 0.25) is 0 Å². The van der Waals surface area contributed by atoms with Gasteiger partial charge in [-0.15, -0.1) is 0 Å². The maximum atomic E-state index is 10.4. The quantitative estimate of drug-likeness (QED) is 0.814. The summed E-state index contributed by atoms with van der Waals surface area (Å²) >= 11 is 0. The maximum absolute atomic E-state index is 10.4. The van der Waals surface area contributed by atoms with Crippen LogP contribution in [0.25, 0.3) is 0 Å². The van der Waals surface area contributed by atoms with E-state index in [0.29, 0.717) is 5.92 Å². The van der Waals surface area contributed by atoms with Crippen LogP contribution in [0.15, 0.2) is 24.3 Å². The molecule has 1 saturated carbocycles. The molecule has 2 unspecified atom stereocenters. The molecule has 110 valence electrons. The van der Waals surface area contributed by atoms with Gasteiger partial charge in [-0.2, -0.15) is 0 Å². The fraction of sp³-hybridized carbons (Fsp3) is 0.684. The first kappa shape index (κ1) is 14.1. The summed E-state index contributed by atoms with van der Waals surface area (Å²) in [6.45, 7) is 0. The molecule has 0 saturated heterocycles. The number of aliphatic hydroxyl groups is 1. The molecule has 3 rings (SSSR count). The predicted octanol–water partition coefficient (Wildman–Crippen LogP) is 4.83. The normalized spacial score (nSPS) is 24.6. The zero-order chi connectivity index (χ0) is 13.8. The molecule has 0 aromatic heterocycles. The Balaban J connectivity index is 1.52. The number of hydrogen-bond acceptors (Lipinski definition) is 1. The van der Waals surface area contributed by atoms with Crippen molar-refractivity contribution in [3.63, 3.8) is 0 Å². The molecule has 0 radical (unpaired) electrons. The van der Waals surface area contributed by atoms with Crippen LogP contribution in [0.3, 0.4) is 0 Å². The third kappa shape index (κ3) is 3.44. The summed E-state index contributed by atoms with van der Waals surface area (Å²) in [7, 11) is 0. The lowest BCUT2D eigenvalue weighted by atomic mass is 9.79. The van der Waals surface area contributed by atoms with E-state index in [2.05, 4.69) is 24.3 Å². The van der Waals surface area contributed by atoms with E-state index < -0.39 is 0 Å². The monoisotopic (exact) mass is 272 g/mol. The third-order valence-electron chi connectivity index (χ3n) is 5.43. The van der Waals surface area contributed by atoms with Gasteiger partial charge in [-0.3, -0.25) is 0 Å². The SMILES string of the molecule is OC(CCC1CCCC1)CC1CCCc2ccccc21. The molecule has 0 aliphatic heterocycles. The molecule has 1 nitrogen and oxygen atoms in total. The molecule has 0 amide bonds. The molecule has 1 aromatic carbocycles. The number of aliphatic hydroxyl groups excluding tert-OH is 1. The third-order valence-corrected chi connectivity index (χ3v) is 5.43. The predicted molar refractivity (Wildman–Crippen MR) is 83.9 cm³/mol. The zero-order valence-electron chi connectivity index (χ0n) is 12.6. The van der Waals surface area contributed by atoms with Gasteiger partial charge in [0, 0.05) is 0 Å². The Labute approximate surface area is 123 Å². The van der Waals surface area contributed by atoms with Crippen molar-refractivity contribution in [2.24, 2.45) is 5.92 Å². The van der Waals surface area contributed by atoms with Crippen molar-refractivity contribution in [1.29, 1.82) is 0 Å². The fourth-order valence-corrected chi connectivity index (χ4v) is 4.27. The standard InChI is InChI=1S/C19H28O/c20-18(13-12-15-6-1-2-7-15)14-17-10-5-9-16-8-3-4-11-19(16)17/h3-4,8,11,15,17-18,20H,1-2,5-7,9-10,12-14H2. The van der Waals surface area contributed by atoms with Crippen molar-refractivity contribution in [2.75, 3.05) is 0 Å². The highest BCUT2D eigenvalue weighted by molar-refractivity contribution is 5.32. The van der Waals surface area contributed by atoms with E-state index in [1.165, 1.54) is 62.5 Å². The second-order valence-corrected chi connectivity index (χ2v) is 6.91. The second-order valence-electron chi connectivity index (χ2n) is 6.91. The van der Waals surface area contributed by atoms with Gasteiger partial charge in [0.05, 0.1) is 6.10 Å². The van der Waals surface area contributed by atoms with Crippen molar-refractivity contribution >= 4 is 0 Å². The van der Waals surface area contributed by atoms with Crippen LogP contribution in [0, 0.1) is 5.92 Å². The number of aryl methyl sites for hydroxylation is 1. The van der Waals surface area contributed by atoms with Crippen molar-refractivity contribution in [2.45, 2.75) is 76.2 Å². The summed E-state index contributed by atoms with van der Waals surface area (Å²) < 4.78 is 0. The molecule has 2 atom stereocenters. The Morgan fingerprint density at radius 3 is 2.70 bits per heavy atom. The van der Waals surface area contributed by atoms with Gasteiger partial charge < -0.3 is 5.11 Å². The van der Waals surface area contributed by atoms with Gasteiger partial charge in [0.25, 0.3) is 0 Å². The lowest BCUT2D eigenvalue weighted by Crippen LogP contribution is -2.17. The molecule has 1 heteroatoms. The van der Waals surface area contributed by atoms with Crippen molar-refractivity contribution < 1.29 is 5.11 Å². The topological polar surface area (TPSA) is 20.2 Å². The lowest BCUT2D eigenvalue weighted by molar-refractivity contribution is 0.133. The number of benzene rings is 1. The van der Waals surface area contributed by atoms with E-state index in [1.54, 1.807) is 0 Å². The van der Waals surface area contributed by atoms with Crippen LogP contribution >= 0.6 is 0 Å². The lowest BCUT2D eigenvalue weighted by Gasteiger charge is -2.27. The largest absolute Gasteiger partial charge is 0.393 e. The summed E-state index contributed by atoms with van der Waals surface area (Å²) in [5, 5.41) is 10.4. The molecule has 1 N–H and O–H groups in total. The Hall–Kier alpha value is -0.820. The summed E-state index contributed by atoms with van der Waals surface area (Å²) in [6, 6.07) is 8.86. The van der Waals surface area contributed by atoms with E-state index in [4.69, 9.17) is 0 Å². The van der Waals surface area contributed by atoms with E-state index in [1.807, 2.05) is 0 Å². The highest BCUT2D eigenvalue weighted by atomic mass is 16.3. The summed E-state index contributed by atoms with van der Waals surface area (Å²) in [5.74, 6) is 1.50. The molecule has 0 heterocycles. The van der Waals surface area contributed by atoms with Gasteiger partial charge >= 0.3 is 0 Å². The van der Waals surface area contributed by atoms with Crippen molar-refractivity contribution in [1.82, 2.24) is 0 Å². The second kappa shape index (κ2) is 6.76. The molecule has 1 fully saturated rings. The van der Waals surface area contributed by atoms with Gasteiger partial charge in [-0.25, -0.2) is 0 Å². The van der Waals surface area contributed by atoms with E-state index in [0.717, 1.165) is 18.8 Å². The van der Waals surface area contributed by atoms with Gasteiger partial charge in [-0.1, -0.05) is 49.9 Å². The first-order valence-electron chi connectivity index (χ1n) is 8.59. The zero-order valence-corrected chi connectivity index (χ0v) is 12.6. The minimum Gasteiger partial charge on any atom is -0.393 e. The number of hydrogen-bond donors (Lipinski definition) is 1. The first-order valence-corrected chi connectivity index (χ1v) is 8.59. The molecular weight excluding hydrogens is 244 g/mol. The average Bonchev–Trinajstić information content (AvgIpc) is 2.99. The van der Waals surface area contributed by atoms with Gasteiger partial charge in [0.15, 0.2) is 0 Å². The highest BCUT2D eigenvalue weighted by Crippen LogP contribution is 2.36. The van der Waals surface area contributed by atoms with Crippen molar-refractivity contribution in [3.05, 3.63) is 35.4 Å². The fourth-order valence-electron chi connectivity index (χ4n) is 4.27. The van der Waals surface area contributed by atoms with Crippen LogP contribution in [0.5, 0.6) is 0 Å². The summed E-state index contributed by atoms with van der Waals surface area (Å²) in [6.07, 6.45) is 12.6. The molecule has 0 spiro atoms. The van der Waals surface area contributed by atoms with Crippen LogP contribution < -0.4 is 0 Å². The minimum absolute atomic E-state index is 0.0910. The molecule has 20 heavy (non-hydrogen) atoms. The highest BCUT2D eigenvalue weighted by Gasteiger charge is 2.23. The van der Waals surface area contributed by atoms with Crippen LogP contribution in [0.2, 0.25) is 0 Å². The molecule has 0 bridgehead atoms. The van der Waals surface area contributed by atoms with Crippen LogP contribution in [-0.4, -0.2) is 11.2 Å². The van der Waals surface area contributed by atoms with E-state index in [9.17, 15) is 5.11 Å². The van der Waals surface area contributed by atoms with Crippen LogP contribution in [0.1, 0.15) is 74.8 Å². The maximum Gasteiger partial charge on any atom is 0.0546 e.